The molecular formula is C34H44N4O5S. The Morgan fingerprint density at radius 3 is 2.61 bits per heavy atom. The maximum atomic E-state index is 13.8. The van der Waals surface area contributed by atoms with Crippen molar-refractivity contribution in [3.63, 3.8) is 0 Å². The highest BCUT2D eigenvalue weighted by Gasteiger charge is 2.49. The molecular weight excluding hydrogens is 576 g/mol. The van der Waals surface area contributed by atoms with Gasteiger partial charge in [0.25, 0.3) is 10.0 Å². The lowest BCUT2D eigenvalue weighted by Crippen LogP contribution is -2.45. The van der Waals surface area contributed by atoms with Crippen LogP contribution in [0.25, 0.3) is 11.1 Å². The fourth-order valence-electron chi connectivity index (χ4n) is 6.69. The van der Waals surface area contributed by atoms with Crippen LogP contribution in [-0.2, 0) is 27.9 Å². The van der Waals surface area contributed by atoms with Crippen LogP contribution in [0.4, 0.5) is 5.82 Å². The maximum Gasteiger partial charge on any atom is 0.263 e. The average Bonchev–Trinajstić information content (AvgIpc) is 3.56. The molecule has 1 spiro atoms. The van der Waals surface area contributed by atoms with Crippen molar-refractivity contribution >= 4 is 21.7 Å². The molecule has 2 N–H and O–H groups in total. The summed E-state index contributed by atoms with van der Waals surface area (Å²) < 4.78 is 41.6. The molecule has 6 rings (SSSR count). The molecule has 44 heavy (non-hydrogen) atoms. The molecule has 0 amide bonds. The van der Waals surface area contributed by atoms with Gasteiger partial charge in [0.05, 0.1) is 11.5 Å². The third kappa shape index (κ3) is 6.04. The molecule has 1 atom stereocenters. The van der Waals surface area contributed by atoms with Crippen molar-refractivity contribution in [1.29, 1.82) is 0 Å². The molecule has 3 aliphatic rings. The predicted octanol–water partition coefficient (Wildman–Crippen LogP) is 6.90. The number of nitrogens with zero attached hydrogens (tertiary/aromatic N) is 3. The minimum Gasteiger partial charge on any atom is -0.377 e. The number of amidine groups is 1. The van der Waals surface area contributed by atoms with E-state index >= 15 is 0 Å². The lowest BCUT2D eigenvalue weighted by molar-refractivity contribution is 0.00293. The van der Waals surface area contributed by atoms with E-state index in [0.29, 0.717) is 31.2 Å². The van der Waals surface area contributed by atoms with Crippen LogP contribution in [0, 0.1) is 6.92 Å². The summed E-state index contributed by atoms with van der Waals surface area (Å²) in [6, 6.07) is 13.1. The Morgan fingerprint density at radius 1 is 1.11 bits per heavy atom. The molecule has 0 bridgehead atoms. The number of nitrogens with one attached hydrogen (secondary N) is 1. The summed E-state index contributed by atoms with van der Waals surface area (Å²) in [7, 11) is -3.98. The topological polar surface area (TPSA) is 117 Å². The molecule has 2 aliphatic carbocycles. The lowest BCUT2D eigenvalue weighted by Gasteiger charge is -2.31. The predicted molar refractivity (Wildman–Crippen MR) is 171 cm³/mol. The summed E-state index contributed by atoms with van der Waals surface area (Å²) in [5, 5.41) is 15.6. The van der Waals surface area contributed by atoms with E-state index in [4.69, 9.17) is 14.3 Å². The summed E-state index contributed by atoms with van der Waals surface area (Å²) in [6.45, 7) is 7.35. The van der Waals surface area contributed by atoms with Crippen molar-refractivity contribution in [2.75, 3.05) is 11.3 Å². The van der Waals surface area contributed by atoms with Gasteiger partial charge in [-0.2, -0.15) is 0 Å². The highest BCUT2D eigenvalue weighted by molar-refractivity contribution is 7.92. The Morgan fingerprint density at radius 2 is 1.89 bits per heavy atom. The second-order valence-electron chi connectivity index (χ2n) is 12.5. The Labute approximate surface area is 260 Å². The van der Waals surface area contributed by atoms with Crippen molar-refractivity contribution in [1.82, 2.24) is 10.1 Å². The number of aliphatic hydroxyl groups is 1. The first-order valence-electron chi connectivity index (χ1n) is 16.1. The van der Waals surface area contributed by atoms with E-state index in [2.05, 4.69) is 27.8 Å². The number of benzene rings is 2. The minimum absolute atomic E-state index is 0.160. The van der Waals surface area contributed by atoms with Crippen LogP contribution in [0.1, 0.15) is 100 Å². The largest absolute Gasteiger partial charge is 0.377 e. The van der Waals surface area contributed by atoms with Crippen LogP contribution >= 0.6 is 0 Å². The van der Waals surface area contributed by atoms with Gasteiger partial charge in [0, 0.05) is 36.6 Å². The van der Waals surface area contributed by atoms with Gasteiger partial charge < -0.3 is 19.3 Å². The summed E-state index contributed by atoms with van der Waals surface area (Å²) in [5.74, 6) is 2.31. The van der Waals surface area contributed by atoms with E-state index in [-0.39, 0.29) is 16.3 Å². The van der Waals surface area contributed by atoms with Crippen LogP contribution in [0.15, 0.2) is 56.9 Å². The lowest BCUT2D eigenvalue weighted by atomic mass is 9.95. The van der Waals surface area contributed by atoms with Gasteiger partial charge >= 0.3 is 0 Å². The molecule has 2 heterocycles. The summed E-state index contributed by atoms with van der Waals surface area (Å²) in [4.78, 5) is 7.37. The average molecular weight is 621 g/mol. The van der Waals surface area contributed by atoms with Gasteiger partial charge in [-0.25, -0.2) is 8.42 Å². The molecule has 0 radical (unpaired) electrons. The first-order chi connectivity index (χ1) is 21.3. The third-order valence-corrected chi connectivity index (χ3v) is 10.7. The molecule has 2 aromatic carbocycles. The summed E-state index contributed by atoms with van der Waals surface area (Å²) in [5.41, 5.74) is 3.62. The van der Waals surface area contributed by atoms with Crippen LogP contribution in [-0.4, -0.2) is 47.8 Å². The van der Waals surface area contributed by atoms with Gasteiger partial charge in [0.1, 0.15) is 17.1 Å². The fraction of sp³-hybridized carbons (Fsp3) is 0.529. The highest BCUT2D eigenvalue weighted by Crippen LogP contribution is 2.44. The second kappa shape index (κ2) is 12.7. The Kier molecular flexibility index (Phi) is 8.86. The normalized spacial score (nSPS) is 19.6. The van der Waals surface area contributed by atoms with E-state index in [1.54, 1.807) is 12.1 Å². The van der Waals surface area contributed by atoms with Crippen LogP contribution in [0.2, 0.25) is 0 Å². The summed E-state index contributed by atoms with van der Waals surface area (Å²) >= 11 is 0. The molecule has 1 aliphatic heterocycles. The van der Waals surface area contributed by atoms with Crippen LogP contribution in [0.3, 0.4) is 0 Å². The molecule has 3 aromatic rings. The molecule has 9 nitrogen and oxygen atoms in total. The number of anilines is 1. The SMILES string of the molecule is CCCCC1=NC2(CCCC2)C(O)N1Cc1ccc(-c2ccccc2S(=O)(=O)Nc2noc(C3CC3)c2C)c(COCC)c1. The van der Waals surface area contributed by atoms with E-state index < -0.39 is 16.3 Å². The second-order valence-corrected chi connectivity index (χ2v) is 14.1. The number of aliphatic hydroxyl groups excluding tert-OH is 1. The van der Waals surface area contributed by atoms with Crippen molar-refractivity contribution < 1.29 is 22.8 Å². The number of hydrogen-bond acceptors (Lipinski definition) is 8. The van der Waals surface area contributed by atoms with Crippen molar-refractivity contribution in [2.45, 2.75) is 114 Å². The quantitative estimate of drug-likeness (QED) is 0.213. The number of ether oxygens (including phenoxy) is 1. The van der Waals surface area contributed by atoms with Crippen molar-refractivity contribution in [2.24, 2.45) is 4.99 Å². The number of unbranched alkanes of at least 4 members (excludes halogenated alkanes) is 1. The van der Waals surface area contributed by atoms with Gasteiger partial charge in [-0.3, -0.25) is 9.71 Å². The molecule has 2 fully saturated rings. The van der Waals surface area contributed by atoms with Gasteiger partial charge in [0.15, 0.2) is 12.0 Å². The fourth-order valence-corrected chi connectivity index (χ4v) is 7.97. The Hall–Kier alpha value is -3.21. The smallest absolute Gasteiger partial charge is 0.263 e. The first kappa shape index (κ1) is 30.8. The number of aromatic nitrogens is 1. The zero-order valence-electron chi connectivity index (χ0n) is 26.0. The molecule has 10 heteroatoms. The molecule has 2 saturated carbocycles. The third-order valence-electron chi connectivity index (χ3n) is 9.27. The van der Waals surface area contributed by atoms with Crippen LogP contribution < -0.4 is 4.72 Å². The van der Waals surface area contributed by atoms with Gasteiger partial charge in [-0.05, 0) is 68.7 Å². The Balaban J connectivity index is 1.31. The molecule has 1 aromatic heterocycles. The molecule has 1 unspecified atom stereocenters. The zero-order valence-corrected chi connectivity index (χ0v) is 26.8. The highest BCUT2D eigenvalue weighted by atomic mass is 32.2. The number of hydrogen-bond donors (Lipinski definition) is 2. The molecule has 0 saturated heterocycles. The van der Waals surface area contributed by atoms with E-state index in [1.807, 2.05) is 38.1 Å². The van der Waals surface area contributed by atoms with Crippen LogP contribution in [0.5, 0.6) is 0 Å². The van der Waals surface area contributed by atoms with E-state index in [1.165, 1.54) is 0 Å². The van der Waals surface area contributed by atoms with Crippen molar-refractivity contribution in [3.05, 3.63) is 64.9 Å². The van der Waals surface area contributed by atoms with Crippen molar-refractivity contribution in [3.8, 4) is 11.1 Å². The van der Waals surface area contributed by atoms with Gasteiger partial charge in [-0.15, -0.1) is 0 Å². The number of rotatable bonds is 13. The summed E-state index contributed by atoms with van der Waals surface area (Å²) in [6.07, 6.45) is 8.42. The molecule has 236 valence electrons. The standard InChI is InChI=1S/C34H44N4O5S/c1-4-6-13-30-35-34(18-9-10-19-34)33(39)38(30)21-24-14-17-27(26(20-24)22-42-5-2)28-11-7-8-12-29(28)44(40,41)37-32-23(3)31(43-36-32)25-15-16-25/h7-8,11-12,14,17,20,25,33,39H,4-6,9-10,13,15-16,18-19,21-22H2,1-3H3,(H,36,37). The van der Waals surface area contributed by atoms with Gasteiger partial charge in [0.2, 0.25) is 0 Å². The Bertz CT molecular complexity index is 1620. The van der Waals surface area contributed by atoms with Gasteiger partial charge in [-0.1, -0.05) is 67.7 Å². The number of aliphatic imine (C=N–C) groups is 1. The maximum absolute atomic E-state index is 13.8. The number of sulfonamides is 1. The van der Waals surface area contributed by atoms with E-state index in [0.717, 1.165) is 91.6 Å². The monoisotopic (exact) mass is 620 g/mol. The minimum atomic E-state index is -3.98. The van der Waals surface area contributed by atoms with E-state index in [9.17, 15) is 13.5 Å². The first-order valence-corrected chi connectivity index (χ1v) is 17.6. The zero-order chi connectivity index (χ0) is 30.9.